The summed E-state index contributed by atoms with van der Waals surface area (Å²) in [4.78, 5) is 18.6. The van der Waals surface area contributed by atoms with E-state index >= 15 is 0 Å². The number of benzene rings is 1. The largest absolute Gasteiger partial charge is 0.417 e. The first-order valence-electron chi connectivity index (χ1n) is 9.15. The summed E-state index contributed by atoms with van der Waals surface area (Å²) in [6.07, 6.45) is -2.72. The summed E-state index contributed by atoms with van der Waals surface area (Å²) in [5.74, 6) is 6.07. The Morgan fingerprint density at radius 2 is 2.03 bits per heavy atom. The lowest BCUT2D eigenvalue weighted by Crippen LogP contribution is -2.49. The van der Waals surface area contributed by atoms with Crippen molar-refractivity contribution in [3.05, 3.63) is 69.6 Å². The van der Waals surface area contributed by atoms with Crippen LogP contribution in [0.15, 0.2) is 47.9 Å². The number of aryl methyl sites for hydroxylation is 1. The van der Waals surface area contributed by atoms with Crippen LogP contribution in [-0.2, 0) is 6.18 Å². The zero-order valence-corrected chi connectivity index (χ0v) is 17.1. The van der Waals surface area contributed by atoms with E-state index in [1.54, 1.807) is 19.2 Å². The Hall–Kier alpha value is -2.78. The Labute approximate surface area is 176 Å². The maximum atomic E-state index is 13.1. The molecular weight excluding hydrogens is 419 g/mol. The molecule has 1 aliphatic heterocycles. The van der Waals surface area contributed by atoms with Crippen LogP contribution in [0.4, 0.5) is 19.0 Å². The number of anilines is 1. The Bertz CT molecular complexity index is 1010. The van der Waals surface area contributed by atoms with Gasteiger partial charge in [-0.05, 0) is 43.7 Å². The minimum atomic E-state index is -4.66. The van der Waals surface area contributed by atoms with Crippen LogP contribution >= 0.6 is 11.6 Å². The molecule has 1 atom stereocenters. The van der Waals surface area contributed by atoms with Gasteiger partial charge in [0.25, 0.3) is 5.91 Å². The number of hydrogen-bond donors (Lipinski definition) is 2. The van der Waals surface area contributed by atoms with Crippen molar-refractivity contribution in [3.63, 3.8) is 0 Å². The summed E-state index contributed by atoms with van der Waals surface area (Å²) < 4.78 is 39.4. The highest BCUT2D eigenvalue weighted by molar-refractivity contribution is 6.34. The van der Waals surface area contributed by atoms with Crippen molar-refractivity contribution in [2.75, 3.05) is 11.6 Å². The minimum absolute atomic E-state index is 0.210. The molecule has 3 rings (SSSR count). The highest BCUT2D eigenvalue weighted by Crippen LogP contribution is 2.37. The molecular formula is C20H21ClF3N5O. The topological polar surface area (TPSA) is 88.5 Å². The second kappa shape index (κ2) is 8.16. The summed E-state index contributed by atoms with van der Waals surface area (Å²) in [6.45, 7) is 3.80. The van der Waals surface area contributed by atoms with E-state index in [0.717, 1.165) is 17.7 Å². The monoisotopic (exact) mass is 439 g/mol. The van der Waals surface area contributed by atoms with E-state index in [2.05, 4.69) is 4.98 Å². The molecule has 10 heteroatoms. The predicted molar refractivity (Wildman–Crippen MR) is 108 cm³/mol. The third-order valence-electron chi connectivity index (χ3n) is 5.07. The average Bonchev–Trinajstić information content (AvgIpc) is 2.68. The van der Waals surface area contributed by atoms with Gasteiger partial charge >= 0.3 is 6.18 Å². The fraction of sp³-hybridized carbons (Fsp3) is 0.300. The molecule has 1 aliphatic rings. The normalized spacial score (nSPS) is 17.3. The summed E-state index contributed by atoms with van der Waals surface area (Å²) in [7, 11) is 0. The number of hydrazine groups is 1. The molecule has 0 bridgehead atoms. The number of hydrogen-bond acceptors (Lipinski definition) is 5. The summed E-state index contributed by atoms with van der Waals surface area (Å²) in [6, 6.07) is 6.30. The Balaban J connectivity index is 1.90. The van der Waals surface area contributed by atoms with Crippen LogP contribution in [0.1, 0.15) is 34.8 Å². The standard InChI is InChI=1S/C20H21ClF3N5O/c1-11-6-8-27-16(10-11)29(26)15-7-9-28(12(2)18(15)25)19(30)13-4-3-5-14(17(13)21)20(22,23)24/h3-6,8,10,12H,7,9,25-26H2,1-2H3. The number of amides is 1. The quantitative estimate of drug-likeness (QED) is 0.560. The Morgan fingerprint density at radius 1 is 1.33 bits per heavy atom. The fourth-order valence-corrected chi connectivity index (χ4v) is 3.69. The molecule has 30 heavy (non-hydrogen) atoms. The van der Waals surface area contributed by atoms with Crippen molar-refractivity contribution in [2.24, 2.45) is 11.6 Å². The lowest BCUT2D eigenvalue weighted by Gasteiger charge is -2.38. The van der Waals surface area contributed by atoms with Gasteiger partial charge in [-0.15, -0.1) is 0 Å². The van der Waals surface area contributed by atoms with Gasteiger partial charge in [-0.2, -0.15) is 13.2 Å². The molecule has 1 amide bonds. The van der Waals surface area contributed by atoms with Gasteiger partial charge in [0.1, 0.15) is 5.82 Å². The van der Waals surface area contributed by atoms with E-state index < -0.39 is 28.7 Å². The molecule has 0 fully saturated rings. The van der Waals surface area contributed by atoms with E-state index in [9.17, 15) is 18.0 Å². The number of nitrogens with two attached hydrogens (primary N) is 2. The lowest BCUT2D eigenvalue weighted by atomic mass is 10.0. The number of pyridine rings is 1. The molecule has 0 saturated carbocycles. The van der Waals surface area contributed by atoms with E-state index in [1.807, 2.05) is 13.0 Å². The van der Waals surface area contributed by atoms with Gasteiger partial charge in [-0.3, -0.25) is 9.80 Å². The fourth-order valence-electron chi connectivity index (χ4n) is 3.37. The SMILES string of the molecule is Cc1ccnc(N(N)C2=C(N)C(C)N(C(=O)c3cccc(C(F)(F)F)c3Cl)CC2)c1. The lowest BCUT2D eigenvalue weighted by molar-refractivity contribution is -0.137. The van der Waals surface area contributed by atoms with Crippen LogP contribution in [0.25, 0.3) is 0 Å². The van der Waals surface area contributed by atoms with E-state index in [4.69, 9.17) is 23.2 Å². The summed E-state index contributed by atoms with van der Waals surface area (Å²) >= 11 is 5.92. The summed E-state index contributed by atoms with van der Waals surface area (Å²) in [5, 5.41) is 0.748. The number of halogens is 4. The summed E-state index contributed by atoms with van der Waals surface area (Å²) in [5.41, 5.74) is 6.89. The average molecular weight is 440 g/mol. The van der Waals surface area contributed by atoms with Crippen molar-refractivity contribution in [3.8, 4) is 0 Å². The number of carbonyl (C=O) groups is 1. The van der Waals surface area contributed by atoms with Crippen LogP contribution in [0.3, 0.4) is 0 Å². The maximum Gasteiger partial charge on any atom is 0.417 e. The molecule has 4 N–H and O–H groups in total. The van der Waals surface area contributed by atoms with Gasteiger partial charge in [0.05, 0.1) is 33.6 Å². The van der Waals surface area contributed by atoms with Crippen LogP contribution < -0.4 is 16.6 Å². The first-order chi connectivity index (χ1) is 14.0. The highest BCUT2D eigenvalue weighted by Gasteiger charge is 2.37. The number of nitrogens with zero attached hydrogens (tertiary/aromatic N) is 3. The van der Waals surface area contributed by atoms with Gasteiger partial charge in [0.15, 0.2) is 0 Å². The van der Waals surface area contributed by atoms with Gasteiger partial charge < -0.3 is 10.6 Å². The highest BCUT2D eigenvalue weighted by atomic mass is 35.5. The van der Waals surface area contributed by atoms with Gasteiger partial charge in [-0.25, -0.2) is 10.8 Å². The molecule has 1 aromatic heterocycles. The van der Waals surface area contributed by atoms with Gasteiger partial charge in [0, 0.05) is 19.2 Å². The third-order valence-corrected chi connectivity index (χ3v) is 5.48. The predicted octanol–water partition coefficient (Wildman–Crippen LogP) is 3.85. The van der Waals surface area contributed by atoms with Crippen molar-refractivity contribution in [1.29, 1.82) is 0 Å². The van der Waals surface area contributed by atoms with Gasteiger partial charge in [0.2, 0.25) is 0 Å². The van der Waals surface area contributed by atoms with Crippen LogP contribution in [0, 0.1) is 6.92 Å². The zero-order chi connectivity index (χ0) is 22.2. The van der Waals surface area contributed by atoms with Crippen LogP contribution in [-0.4, -0.2) is 28.4 Å². The molecule has 160 valence electrons. The zero-order valence-electron chi connectivity index (χ0n) is 16.4. The number of aromatic nitrogens is 1. The third kappa shape index (κ3) is 4.08. The number of carbonyl (C=O) groups excluding carboxylic acids is 1. The Kier molecular flexibility index (Phi) is 5.96. The maximum absolute atomic E-state index is 13.1. The number of alkyl halides is 3. The molecule has 1 aromatic carbocycles. The van der Waals surface area contributed by atoms with Crippen molar-refractivity contribution < 1.29 is 18.0 Å². The molecule has 0 radical (unpaired) electrons. The Morgan fingerprint density at radius 3 is 2.67 bits per heavy atom. The van der Waals surface area contributed by atoms with Crippen molar-refractivity contribution in [2.45, 2.75) is 32.5 Å². The molecule has 0 aliphatic carbocycles. The molecule has 2 heterocycles. The smallest absolute Gasteiger partial charge is 0.399 e. The van der Waals surface area contributed by atoms with Crippen molar-refractivity contribution in [1.82, 2.24) is 9.88 Å². The van der Waals surface area contributed by atoms with Crippen LogP contribution in [0.5, 0.6) is 0 Å². The first kappa shape index (κ1) is 21.9. The molecule has 0 saturated heterocycles. The van der Waals surface area contributed by atoms with Gasteiger partial charge in [-0.1, -0.05) is 17.7 Å². The molecule has 1 unspecified atom stereocenters. The number of rotatable bonds is 3. The molecule has 0 spiro atoms. The minimum Gasteiger partial charge on any atom is -0.399 e. The first-order valence-corrected chi connectivity index (χ1v) is 9.52. The second-order valence-electron chi connectivity index (χ2n) is 7.05. The molecule has 2 aromatic rings. The van der Waals surface area contributed by atoms with Crippen LogP contribution in [0.2, 0.25) is 5.02 Å². The van der Waals surface area contributed by atoms with E-state index in [1.165, 1.54) is 16.0 Å². The van der Waals surface area contributed by atoms with E-state index in [-0.39, 0.29) is 12.1 Å². The van der Waals surface area contributed by atoms with E-state index in [0.29, 0.717) is 23.6 Å². The molecule has 6 nitrogen and oxygen atoms in total. The second-order valence-corrected chi connectivity index (χ2v) is 7.43. The van der Waals surface area contributed by atoms with Crippen molar-refractivity contribution >= 4 is 23.3 Å².